The summed E-state index contributed by atoms with van der Waals surface area (Å²) in [5.74, 6) is -0.0802. The first-order chi connectivity index (χ1) is 9.78. The summed E-state index contributed by atoms with van der Waals surface area (Å²) in [6.07, 6.45) is 5.40. The molecule has 1 aliphatic carbocycles. The zero-order valence-corrected chi connectivity index (χ0v) is 13.0. The second kappa shape index (κ2) is 4.82. The molecular formula is C15H21BN2O3. The lowest BCUT2D eigenvalue weighted by atomic mass is 9.80. The van der Waals surface area contributed by atoms with E-state index >= 15 is 0 Å². The number of hydrogen-bond acceptors (Lipinski definition) is 4. The predicted molar refractivity (Wildman–Crippen MR) is 80.4 cm³/mol. The number of pyridine rings is 1. The van der Waals surface area contributed by atoms with Gasteiger partial charge in [0.05, 0.1) is 16.8 Å². The van der Waals surface area contributed by atoms with Gasteiger partial charge >= 0.3 is 7.12 Å². The Bertz CT molecular complexity index is 554. The van der Waals surface area contributed by atoms with E-state index in [1.807, 2.05) is 27.7 Å². The van der Waals surface area contributed by atoms with Crippen molar-refractivity contribution < 1.29 is 14.1 Å². The van der Waals surface area contributed by atoms with Crippen molar-refractivity contribution >= 4 is 18.5 Å². The number of carbonyl (C=O) groups excluding carboxylic acids is 1. The van der Waals surface area contributed by atoms with Gasteiger partial charge in [-0.3, -0.25) is 9.78 Å². The molecule has 112 valence electrons. The molecule has 1 aromatic rings. The molecule has 0 atom stereocenters. The Hall–Kier alpha value is -1.40. The topological polar surface area (TPSA) is 60.5 Å². The molecule has 1 N–H and O–H groups in total. The van der Waals surface area contributed by atoms with Gasteiger partial charge in [0.2, 0.25) is 0 Å². The van der Waals surface area contributed by atoms with Gasteiger partial charge in [-0.2, -0.15) is 0 Å². The van der Waals surface area contributed by atoms with Gasteiger partial charge in [0.1, 0.15) is 0 Å². The highest BCUT2D eigenvalue weighted by molar-refractivity contribution is 6.62. The Morgan fingerprint density at radius 3 is 2.43 bits per heavy atom. The lowest BCUT2D eigenvalue weighted by Crippen LogP contribution is -2.41. The summed E-state index contributed by atoms with van der Waals surface area (Å²) in [6.45, 7) is 8.02. The highest BCUT2D eigenvalue weighted by atomic mass is 16.7. The van der Waals surface area contributed by atoms with Gasteiger partial charge in [0.15, 0.2) is 0 Å². The molecular weight excluding hydrogens is 267 g/mol. The smallest absolute Gasteiger partial charge is 0.399 e. The SMILES string of the molecule is CC1(C)OB(c2cncc(C(=O)NC3CC3)c2)OC1(C)C. The van der Waals surface area contributed by atoms with Crippen molar-refractivity contribution in [2.75, 3.05) is 0 Å². The van der Waals surface area contributed by atoms with E-state index in [4.69, 9.17) is 9.31 Å². The molecule has 2 heterocycles. The molecule has 2 fully saturated rings. The quantitative estimate of drug-likeness (QED) is 0.851. The molecule has 0 unspecified atom stereocenters. The van der Waals surface area contributed by atoms with E-state index in [0.717, 1.165) is 18.3 Å². The molecule has 1 amide bonds. The first kappa shape index (κ1) is 14.5. The zero-order valence-electron chi connectivity index (χ0n) is 13.0. The maximum Gasteiger partial charge on any atom is 0.496 e. The van der Waals surface area contributed by atoms with Crippen LogP contribution in [-0.4, -0.2) is 35.3 Å². The first-order valence-electron chi connectivity index (χ1n) is 7.40. The molecule has 0 spiro atoms. The molecule has 1 saturated heterocycles. The van der Waals surface area contributed by atoms with E-state index in [0.29, 0.717) is 11.6 Å². The molecule has 21 heavy (non-hydrogen) atoms. The van der Waals surface area contributed by atoms with Crippen molar-refractivity contribution in [2.45, 2.75) is 57.8 Å². The molecule has 1 saturated carbocycles. The van der Waals surface area contributed by atoms with Gasteiger partial charge < -0.3 is 14.6 Å². The van der Waals surface area contributed by atoms with Gasteiger partial charge in [-0.25, -0.2) is 0 Å². The Morgan fingerprint density at radius 1 is 1.24 bits per heavy atom. The minimum Gasteiger partial charge on any atom is -0.399 e. The summed E-state index contributed by atoms with van der Waals surface area (Å²) in [4.78, 5) is 16.2. The molecule has 6 heteroatoms. The van der Waals surface area contributed by atoms with Gasteiger partial charge in [-0.15, -0.1) is 0 Å². The van der Waals surface area contributed by atoms with Crippen LogP contribution in [0.3, 0.4) is 0 Å². The Morgan fingerprint density at radius 2 is 1.86 bits per heavy atom. The fourth-order valence-corrected chi connectivity index (χ4v) is 2.19. The third-order valence-corrected chi connectivity index (χ3v) is 4.46. The molecule has 2 aliphatic rings. The van der Waals surface area contributed by atoms with E-state index in [-0.39, 0.29) is 5.91 Å². The van der Waals surface area contributed by atoms with Crippen LogP contribution in [0.4, 0.5) is 0 Å². The second-order valence-electron chi connectivity index (χ2n) is 6.84. The van der Waals surface area contributed by atoms with Crippen LogP contribution in [0.2, 0.25) is 0 Å². The van der Waals surface area contributed by atoms with Gasteiger partial charge in [-0.05, 0) is 46.6 Å². The van der Waals surface area contributed by atoms with Crippen molar-refractivity contribution in [2.24, 2.45) is 0 Å². The van der Waals surface area contributed by atoms with Gasteiger partial charge in [0.25, 0.3) is 5.91 Å². The summed E-state index contributed by atoms with van der Waals surface area (Å²) in [5.41, 5.74) is 0.527. The fraction of sp³-hybridized carbons (Fsp3) is 0.600. The number of nitrogens with zero attached hydrogens (tertiary/aromatic N) is 1. The molecule has 5 nitrogen and oxygen atoms in total. The second-order valence-corrected chi connectivity index (χ2v) is 6.84. The first-order valence-corrected chi connectivity index (χ1v) is 7.40. The Balaban J connectivity index is 1.79. The number of aromatic nitrogens is 1. The fourth-order valence-electron chi connectivity index (χ4n) is 2.19. The largest absolute Gasteiger partial charge is 0.496 e. The third kappa shape index (κ3) is 2.83. The lowest BCUT2D eigenvalue weighted by molar-refractivity contribution is 0.00578. The van der Waals surface area contributed by atoms with E-state index in [1.54, 1.807) is 18.5 Å². The molecule has 3 rings (SSSR count). The van der Waals surface area contributed by atoms with Gasteiger partial charge in [-0.1, -0.05) is 0 Å². The standard InChI is InChI=1S/C15H21BN2O3/c1-14(2)15(3,4)21-16(20-14)11-7-10(8-17-9-11)13(19)18-12-5-6-12/h7-9,12H,5-6H2,1-4H3,(H,18,19). The molecule has 1 aromatic heterocycles. The van der Waals surface area contributed by atoms with Crippen LogP contribution in [0.15, 0.2) is 18.5 Å². The summed E-state index contributed by atoms with van der Waals surface area (Å²) in [5, 5.41) is 2.96. The van der Waals surface area contributed by atoms with Crippen LogP contribution < -0.4 is 10.8 Å². The van der Waals surface area contributed by atoms with Crippen LogP contribution in [0.25, 0.3) is 0 Å². The van der Waals surface area contributed by atoms with Crippen molar-refractivity contribution in [3.8, 4) is 0 Å². The normalized spacial score (nSPS) is 23.1. The zero-order chi connectivity index (χ0) is 15.3. The molecule has 0 bridgehead atoms. The number of nitrogens with one attached hydrogen (secondary N) is 1. The van der Waals surface area contributed by atoms with Crippen LogP contribution >= 0.6 is 0 Å². The van der Waals surface area contributed by atoms with Crippen LogP contribution in [-0.2, 0) is 9.31 Å². The van der Waals surface area contributed by atoms with E-state index in [9.17, 15) is 4.79 Å². The maximum atomic E-state index is 12.1. The summed E-state index contributed by atoms with van der Waals surface area (Å²) < 4.78 is 12.0. The lowest BCUT2D eigenvalue weighted by Gasteiger charge is -2.32. The summed E-state index contributed by atoms with van der Waals surface area (Å²) in [7, 11) is -0.490. The summed E-state index contributed by atoms with van der Waals surface area (Å²) >= 11 is 0. The van der Waals surface area contributed by atoms with Crippen LogP contribution in [0, 0.1) is 0 Å². The minimum absolute atomic E-state index is 0.0802. The maximum absolute atomic E-state index is 12.1. The number of carbonyl (C=O) groups is 1. The van der Waals surface area contributed by atoms with Crippen molar-refractivity contribution in [1.82, 2.24) is 10.3 Å². The number of rotatable bonds is 3. The Kier molecular flexibility index (Phi) is 3.33. The minimum atomic E-state index is -0.490. The van der Waals surface area contributed by atoms with Crippen LogP contribution in [0.1, 0.15) is 50.9 Å². The highest BCUT2D eigenvalue weighted by Gasteiger charge is 2.51. The van der Waals surface area contributed by atoms with Crippen molar-refractivity contribution in [3.63, 3.8) is 0 Å². The number of amides is 1. The van der Waals surface area contributed by atoms with E-state index in [2.05, 4.69) is 10.3 Å². The predicted octanol–water partition coefficient (Wildman–Crippen LogP) is 1.27. The van der Waals surface area contributed by atoms with Gasteiger partial charge in [0, 0.05) is 23.9 Å². The average Bonchev–Trinajstić information content (AvgIpc) is 3.17. The molecule has 0 aromatic carbocycles. The highest BCUT2D eigenvalue weighted by Crippen LogP contribution is 2.36. The molecule has 0 radical (unpaired) electrons. The third-order valence-electron chi connectivity index (χ3n) is 4.46. The van der Waals surface area contributed by atoms with Crippen molar-refractivity contribution in [3.05, 3.63) is 24.0 Å². The van der Waals surface area contributed by atoms with E-state index < -0.39 is 18.3 Å². The average molecular weight is 288 g/mol. The van der Waals surface area contributed by atoms with E-state index in [1.165, 1.54) is 0 Å². The van der Waals surface area contributed by atoms with Crippen molar-refractivity contribution in [1.29, 1.82) is 0 Å². The summed E-state index contributed by atoms with van der Waals surface area (Å²) in [6, 6.07) is 2.13. The monoisotopic (exact) mass is 288 g/mol. The Labute approximate surface area is 125 Å². The number of hydrogen-bond donors (Lipinski definition) is 1. The molecule has 1 aliphatic heterocycles. The van der Waals surface area contributed by atoms with Crippen LogP contribution in [0.5, 0.6) is 0 Å².